The lowest BCUT2D eigenvalue weighted by Gasteiger charge is -2.18. The van der Waals surface area contributed by atoms with E-state index in [1.807, 2.05) is 7.05 Å². The number of rotatable bonds is 22. The maximum Gasteiger partial charge on any atom is 0.326 e. The van der Waals surface area contributed by atoms with Crippen molar-refractivity contribution in [2.24, 2.45) is 11.5 Å². The second-order valence-electron chi connectivity index (χ2n) is 8.39. The average molecular weight is 498 g/mol. The Kier molecular flexibility index (Phi) is 16.0. The van der Waals surface area contributed by atoms with Crippen LogP contribution >= 0.6 is 0 Å². The molecule has 0 spiro atoms. The van der Waals surface area contributed by atoms with E-state index >= 15 is 0 Å². The quantitative estimate of drug-likeness (QED) is 0.105. The molecule has 1 aromatic heterocycles. The third kappa shape index (κ3) is 13.6. The second kappa shape index (κ2) is 18.5. The largest absolute Gasteiger partial charge is 0.480 e. The first-order valence-electron chi connectivity index (χ1n) is 12.4. The van der Waals surface area contributed by atoms with Crippen molar-refractivity contribution in [2.75, 3.05) is 49.2 Å². The van der Waals surface area contributed by atoms with Gasteiger partial charge in [0, 0.05) is 6.54 Å². The Morgan fingerprint density at radius 3 is 1.60 bits per heavy atom. The van der Waals surface area contributed by atoms with E-state index < -0.39 is 24.0 Å². The van der Waals surface area contributed by atoms with E-state index in [1.165, 1.54) is 0 Å². The van der Waals surface area contributed by atoms with Crippen LogP contribution in [0.2, 0.25) is 0 Å². The number of carboxylic acid groups (broad SMARTS) is 2. The molecule has 0 bridgehead atoms. The number of carbonyl (C=O) groups is 2. The molecule has 0 aliphatic carbocycles. The molecule has 2 atom stereocenters. The van der Waals surface area contributed by atoms with Crippen LogP contribution in [0.4, 0.5) is 17.8 Å². The fourth-order valence-electron chi connectivity index (χ4n) is 3.38. The summed E-state index contributed by atoms with van der Waals surface area (Å²) in [5.74, 6) is -1.69. The molecule has 13 nitrogen and oxygen atoms in total. The van der Waals surface area contributed by atoms with Gasteiger partial charge < -0.3 is 42.9 Å². The van der Waals surface area contributed by atoms with E-state index in [1.54, 1.807) is 0 Å². The van der Waals surface area contributed by atoms with Gasteiger partial charge in [-0.3, -0.25) is 0 Å². The van der Waals surface area contributed by atoms with E-state index in [0.717, 1.165) is 32.2 Å². The number of nitrogens with zero attached hydrogens (tertiary/aromatic N) is 3. The van der Waals surface area contributed by atoms with Crippen LogP contribution in [0.25, 0.3) is 0 Å². The minimum atomic E-state index is -1.03. The molecule has 0 radical (unpaired) electrons. The number of nitrogens with one attached hydrogen (secondary N) is 4. The lowest BCUT2D eigenvalue weighted by Crippen LogP contribution is -2.32. The van der Waals surface area contributed by atoms with Crippen molar-refractivity contribution in [3.05, 3.63) is 0 Å². The van der Waals surface area contributed by atoms with E-state index in [4.69, 9.17) is 11.5 Å². The van der Waals surface area contributed by atoms with Gasteiger partial charge in [0.15, 0.2) is 0 Å². The number of nitrogens with two attached hydrogens (primary N) is 2. The van der Waals surface area contributed by atoms with Gasteiger partial charge in [-0.2, -0.15) is 15.0 Å². The molecule has 2 unspecified atom stereocenters. The molecule has 10 N–H and O–H groups in total. The summed E-state index contributed by atoms with van der Waals surface area (Å²) in [6.07, 6.45) is 7.56. The number of unbranched alkanes of at least 4 members (excludes halogenated alkanes) is 5. The molecule has 35 heavy (non-hydrogen) atoms. The van der Waals surface area contributed by atoms with Crippen molar-refractivity contribution in [3.8, 4) is 0 Å². The SMILES string of the molecule is CNCCCCCCNc1nc(NC(CCCCN)C(=O)O)nc(NC(CCCCN)C(=O)O)n1. The van der Waals surface area contributed by atoms with Crippen LogP contribution < -0.4 is 32.7 Å². The number of hydrogen-bond acceptors (Lipinski definition) is 11. The predicted molar refractivity (Wildman–Crippen MR) is 137 cm³/mol. The summed E-state index contributed by atoms with van der Waals surface area (Å²) < 4.78 is 0. The van der Waals surface area contributed by atoms with E-state index in [0.29, 0.717) is 58.2 Å². The highest BCUT2D eigenvalue weighted by Gasteiger charge is 2.21. The highest BCUT2D eigenvalue weighted by atomic mass is 16.4. The zero-order valence-corrected chi connectivity index (χ0v) is 20.8. The first-order chi connectivity index (χ1) is 16.9. The molecule has 0 saturated heterocycles. The van der Waals surface area contributed by atoms with E-state index in [2.05, 4.69) is 36.2 Å². The summed E-state index contributed by atoms with van der Waals surface area (Å²) in [6.45, 7) is 2.57. The van der Waals surface area contributed by atoms with Gasteiger partial charge in [-0.05, 0) is 78.0 Å². The molecule has 1 aromatic rings. The first kappa shape index (κ1) is 30.3. The highest BCUT2D eigenvalue weighted by Crippen LogP contribution is 2.15. The van der Waals surface area contributed by atoms with Crippen molar-refractivity contribution in [1.82, 2.24) is 20.3 Å². The Hall–Kier alpha value is -2.77. The number of aromatic nitrogens is 3. The maximum absolute atomic E-state index is 11.7. The Morgan fingerprint density at radius 1 is 0.714 bits per heavy atom. The van der Waals surface area contributed by atoms with E-state index in [9.17, 15) is 19.8 Å². The summed E-state index contributed by atoms with van der Waals surface area (Å²) in [4.78, 5) is 36.3. The Labute approximate surface area is 207 Å². The van der Waals surface area contributed by atoms with Gasteiger partial charge in [-0.15, -0.1) is 0 Å². The van der Waals surface area contributed by atoms with Crippen LogP contribution in [0.15, 0.2) is 0 Å². The number of hydrogen-bond donors (Lipinski definition) is 8. The summed E-state index contributed by atoms with van der Waals surface area (Å²) in [5, 5.41) is 31.1. The number of carboxylic acids is 2. The lowest BCUT2D eigenvalue weighted by atomic mass is 10.1. The second-order valence-corrected chi connectivity index (χ2v) is 8.39. The number of aliphatic carboxylic acids is 2. The third-order valence-electron chi connectivity index (χ3n) is 5.37. The van der Waals surface area contributed by atoms with Crippen molar-refractivity contribution in [1.29, 1.82) is 0 Å². The predicted octanol–water partition coefficient (Wildman–Crippen LogP) is 1.05. The number of anilines is 3. The van der Waals surface area contributed by atoms with Crippen molar-refractivity contribution >= 4 is 29.8 Å². The smallest absolute Gasteiger partial charge is 0.326 e. The van der Waals surface area contributed by atoms with Gasteiger partial charge in [0.2, 0.25) is 17.8 Å². The molecule has 200 valence electrons. The molecule has 0 aliphatic heterocycles. The van der Waals surface area contributed by atoms with Crippen LogP contribution in [-0.4, -0.2) is 82.4 Å². The summed E-state index contributed by atoms with van der Waals surface area (Å²) in [7, 11) is 1.93. The molecule has 1 heterocycles. The third-order valence-corrected chi connectivity index (χ3v) is 5.37. The molecular weight excluding hydrogens is 454 g/mol. The summed E-state index contributed by atoms with van der Waals surface area (Å²) in [5.41, 5.74) is 11.0. The van der Waals surface area contributed by atoms with Crippen LogP contribution in [0.1, 0.15) is 64.2 Å². The van der Waals surface area contributed by atoms with Crippen LogP contribution in [0.5, 0.6) is 0 Å². The molecule has 0 amide bonds. The summed E-state index contributed by atoms with van der Waals surface area (Å²) in [6, 6.07) is -1.81. The molecule has 0 aromatic carbocycles. The Balaban J connectivity index is 2.94. The Bertz CT molecular complexity index is 691. The monoisotopic (exact) mass is 497 g/mol. The minimum absolute atomic E-state index is 0.0604. The van der Waals surface area contributed by atoms with Gasteiger partial charge in [-0.1, -0.05) is 12.8 Å². The topological polar surface area (TPSA) is 213 Å². The van der Waals surface area contributed by atoms with Gasteiger partial charge in [0.1, 0.15) is 12.1 Å². The van der Waals surface area contributed by atoms with Gasteiger partial charge >= 0.3 is 11.9 Å². The van der Waals surface area contributed by atoms with Crippen LogP contribution in [0.3, 0.4) is 0 Å². The fraction of sp³-hybridized carbons (Fsp3) is 0.773. The lowest BCUT2D eigenvalue weighted by molar-refractivity contribution is -0.139. The van der Waals surface area contributed by atoms with Gasteiger partial charge in [-0.25, -0.2) is 9.59 Å². The Morgan fingerprint density at radius 2 is 1.17 bits per heavy atom. The molecule has 0 saturated carbocycles. The molecule has 1 rings (SSSR count). The summed E-state index contributed by atoms with van der Waals surface area (Å²) >= 11 is 0. The van der Waals surface area contributed by atoms with Crippen molar-refractivity contribution in [3.63, 3.8) is 0 Å². The maximum atomic E-state index is 11.7. The first-order valence-corrected chi connectivity index (χ1v) is 12.4. The van der Waals surface area contributed by atoms with E-state index in [-0.39, 0.29) is 17.8 Å². The average Bonchev–Trinajstić information content (AvgIpc) is 2.82. The van der Waals surface area contributed by atoms with Gasteiger partial charge in [0.25, 0.3) is 0 Å². The standard InChI is InChI=1S/C22H43N9O4/c1-25-14-8-2-3-9-15-26-20-29-21(27-16(18(32)33)10-4-6-12-23)31-22(30-20)28-17(19(34)35)11-5-7-13-24/h16-17,25H,2-15,23-24H2,1H3,(H,32,33)(H,34,35)(H3,26,27,28,29,30,31). The van der Waals surface area contributed by atoms with Crippen LogP contribution in [0, 0.1) is 0 Å². The molecule has 13 heteroatoms. The van der Waals surface area contributed by atoms with Crippen molar-refractivity contribution < 1.29 is 19.8 Å². The minimum Gasteiger partial charge on any atom is -0.480 e. The molecular formula is C22H43N9O4. The normalized spacial score (nSPS) is 12.7. The van der Waals surface area contributed by atoms with Gasteiger partial charge in [0.05, 0.1) is 0 Å². The van der Waals surface area contributed by atoms with Crippen LogP contribution in [-0.2, 0) is 9.59 Å². The fourth-order valence-corrected chi connectivity index (χ4v) is 3.38. The zero-order valence-electron chi connectivity index (χ0n) is 20.8. The highest BCUT2D eigenvalue weighted by molar-refractivity contribution is 5.77. The van der Waals surface area contributed by atoms with Crippen molar-refractivity contribution in [2.45, 2.75) is 76.3 Å². The zero-order chi connectivity index (χ0) is 25.9. The molecule has 0 aliphatic rings. The molecule has 0 fully saturated rings.